The lowest BCUT2D eigenvalue weighted by Gasteiger charge is -2.20. The third-order valence-corrected chi connectivity index (χ3v) is 4.08. The number of hydrogen-bond donors (Lipinski definition) is 1. The SMILES string of the molecule is O=C(CC1CCCCC1)Nc1ccn(-c2ccccc2)n1. The maximum absolute atomic E-state index is 12.1. The molecule has 3 rings (SSSR count). The summed E-state index contributed by atoms with van der Waals surface area (Å²) in [5.74, 6) is 1.26. The largest absolute Gasteiger partial charge is 0.309 e. The number of anilines is 1. The number of carbonyl (C=O) groups is 1. The Morgan fingerprint density at radius 1 is 1.14 bits per heavy atom. The van der Waals surface area contributed by atoms with Crippen LogP contribution >= 0.6 is 0 Å². The molecule has 1 N–H and O–H groups in total. The van der Waals surface area contributed by atoms with Crippen LogP contribution in [0.2, 0.25) is 0 Å². The molecule has 1 aromatic carbocycles. The van der Waals surface area contributed by atoms with E-state index in [2.05, 4.69) is 10.4 Å². The molecule has 4 heteroatoms. The smallest absolute Gasteiger partial charge is 0.225 e. The first-order chi connectivity index (χ1) is 10.3. The molecule has 0 bridgehead atoms. The van der Waals surface area contributed by atoms with Gasteiger partial charge in [0.2, 0.25) is 5.91 Å². The summed E-state index contributed by atoms with van der Waals surface area (Å²) in [4.78, 5) is 12.1. The molecule has 2 aromatic rings. The average molecular weight is 283 g/mol. The number of hydrogen-bond acceptors (Lipinski definition) is 2. The fourth-order valence-electron chi connectivity index (χ4n) is 2.96. The third kappa shape index (κ3) is 3.72. The molecule has 1 aromatic heterocycles. The van der Waals surface area contributed by atoms with Crippen molar-refractivity contribution < 1.29 is 4.79 Å². The number of nitrogens with zero attached hydrogens (tertiary/aromatic N) is 2. The van der Waals surface area contributed by atoms with Crippen LogP contribution in [0.25, 0.3) is 5.69 Å². The average Bonchev–Trinajstić information content (AvgIpc) is 2.97. The lowest BCUT2D eigenvalue weighted by molar-refractivity contribution is -0.117. The number of nitrogens with one attached hydrogen (secondary N) is 1. The van der Waals surface area contributed by atoms with Crippen molar-refractivity contribution in [2.45, 2.75) is 38.5 Å². The predicted octanol–water partition coefficient (Wildman–Crippen LogP) is 3.78. The molecular formula is C17H21N3O. The summed E-state index contributed by atoms with van der Waals surface area (Å²) in [5, 5.41) is 7.31. The van der Waals surface area contributed by atoms with Gasteiger partial charge < -0.3 is 5.32 Å². The zero-order chi connectivity index (χ0) is 14.5. The first kappa shape index (κ1) is 13.9. The van der Waals surface area contributed by atoms with Gasteiger partial charge in [-0.25, -0.2) is 4.68 Å². The molecule has 1 fully saturated rings. The van der Waals surface area contributed by atoms with E-state index in [9.17, 15) is 4.79 Å². The Labute approximate surface area is 125 Å². The van der Waals surface area contributed by atoms with Crippen LogP contribution in [0.1, 0.15) is 38.5 Å². The fraction of sp³-hybridized carbons (Fsp3) is 0.412. The second-order valence-corrected chi connectivity index (χ2v) is 5.74. The lowest BCUT2D eigenvalue weighted by atomic mass is 9.87. The van der Waals surface area contributed by atoms with Gasteiger partial charge in [-0.05, 0) is 30.9 Å². The molecule has 0 spiro atoms. The van der Waals surface area contributed by atoms with Gasteiger partial charge in [0.1, 0.15) is 0 Å². The molecule has 0 aliphatic heterocycles. The molecule has 0 atom stereocenters. The molecular weight excluding hydrogens is 262 g/mol. The Hall–Kier alpha value is -2.10. The van der Waals surface area contributed by atoms with Crippen molar-refractivity contribution in [1.29, 1.82) is 0 Å². The van der Waals surface area contributed by atoms with E-state index in [4.69, 9.17) is 0 Å². The molecule has 4 nitrogen and oxygen atoms in total. The molecule has 1 amide bonds. The van der Waals surface area contributed by atoms with Gasteiger partial charge in [-0.1, -0.05) is 37.5 Å². The molecule has 0 saturated heterocycles. The lowest BCUT2D eigenvalue weighted by Crippen LogP contribution is -2.18. The number of para-hydroxylation sites is 1. The summed E-state index contributed by atoms with van der Waals surface area (Å²) in [6, 6.07) is 11.7. The number of aromatic nitrogens is 2. The van der Waals surface area contributed by atoms with Crippen LogP contribution in [-0.2, 0) is 4.79 Å². The molecule has 1 aliphatic rings. The Balaban J connectivity index is 1.58. The highest BCUT2D eigenvalue weighted by atomic mass is 16.1. The van der Waals surface area contributed by atoms with E-state index in [-0.39, 0.29) is 5.91 Å². The van der Waals surface area contributed by atoms with E-state index in [1.54, 1.807) is 4.68 Å². The van der Waals surface area contributed by atoms with Crippen molar-refractivity contribution in [3.05, 3.63) is 42.6 Å². The van der Waals surface area contributed by atoms with Crippen molar-refractivity contribution in [3.8, 4) is 5.69 Å². The molecule has 0 unspecified atom stereocenters. The summed E-state index contributed by atoms with van der Waals surface area (Å²) in [6.45, 7) is 0. The summed E-state index contributed by atoms with van der Waals surface area (Å²) < 4.78 is 1.77. The van der Waals surface area contributed by atoms with E-state index in [1.807, 2.05) is 42.6 Å². The maximum Gasteiger partial charge on any atom is 0.225 e. The Morgan fingerprint density at radius 3 is 2.67 bits per heavy atom. The number of benzene rings is 1. The normalized spacial score (nSPS) is 15.8. The summed E-state index contributed by atoms with van der Waals surface area (Å²) in [5.41, 5.74) is 0.991. The predicted molar refractivity (Wildman–Crippen MR) is 83.4 cm³/mol. The van der Waals surface area contributed by atoms with Crippen LogP contribution in [0.3, 0.4) is 0 Å². The Bertz CT molecular complexity index is 585. The van der Waals surface area contributed by atoms with Gasteiger partial charge in [0.25, 0.3) is 0 Å². The number of carbonyl (C=O) groups excluding carboxylic acids is 1. The van der Waals surface area contributed by atoms with E-state index in [0.717, 1.165) is 5.69 Å². The first-order valence-corrected chi connectivity index (χ1v) is 7.72. The number of rotatable bonds is 4. The molecule has 110 valence electrons. The highest BCUT2D eigenvalue weighted by Crippen LogP contribution is 2.26. The zero-order valence-electron chi connectivity index (χ0n) is 12.2. The van der Waals surface area contributed by atoms with E-state index >= 15 is 0 Å². The van der Waals surface area contributed by atoms with Gasteiger partial charge >= 0.3 is 0 Å². The molecule has 1 aliphatic carbocycles. The quantitative estimate of drug-likeness (QED) is 0.928. The van der Waals surface area contributed by atoms with E-state index in [1.165, 1.54) is 32.1 Å². The Morgan fingerprint density at radius 2 is 1.90 bits per heavy atom. The fourth-order valence-corrected chi connectivity index (χ4v) is 2.96. The minimum atomic E-state index is 0.0835. The van der Waals surface area contributed by atoms with E-state index < -0.39 is 0 Å². The van der Waals surface area contributed by atoms with Crippen LogP contribution in [0.4, 0.5) is 5.82 Å². The van der Waals surface area contributed by atoms with Gasteiger partial charge in [0.15, 0.2) is 5.82 Å². The van der Waals surface area contributed by atoms with Gasteiger partial charge in [-0.3, -0.25) is 4.79 Å². The van der Waals surface area contributed by atoms with Gasteiger partial charge in [0.05, 0.1) is 5.69 Å². The zero-order valence-corrected chi connectivity index (χ0v) is 12.2. The first-order valence-electron chi connectivity index (χ1n) is 7.72. The number of amides is 1. The van der Waals surface area contributed by atoms with Crippen molar-refractivity contribution >= 4 is 11.7 Å². The van der Waals surface area contributed by atoms with Crippen LogP contribution in [0.5, 0.6) is 0 Å². The Kier molecular flexibility index (Phi) is 4.34. The summed E-state index contributed by atoms with van der Waals surface area (Å²) in [6.07, 6.45) is 8.71. The minimum absolute atomic E-state index is 0.0835. The third-order valence-electron chi connectivity index (χ3n) is 4.08. The highest BCUT2D eigenvalue weighted by Gasteiger charge is 2.17. The summed E-state index contributed by atoms with van der Waals surface area (Å²) in [7, 11) is 0. The van der Waals surface area contributed by atoms with Gasteiger partial charge in [-0.2, -0.15) is 5.10 Å². The molecule has 21 heavy (non-hydrogen) atoms. The second kappa shape index (κ2) is 6.57. The van der Waals surface area contributed by atoms with Crippen LogP contribution in [0, 0.1) is 5.92 Å². The standard InChI is InChI=1S/C17H21N3O/c21-17(13-14-7-3-1-4-8-14)18-16-11-12-20(19-16)15-9-5-2-6-10-15/h2,5-6,9-12,14H,1,3-4,7-8,13H2,(H,18,19,21). The van der Waals surface area contributed by atoms with Crippen LogP contribution in [-0.4, -0.2) is 15.7 Å². The minimum Gasteiger partial charge on any atom is -0.309 e. The van der Waals surface area contributed by atoms with Crippen LogP contribution < -0.4 is 5.32 Å². The van der Waals surface area contributed by atoms with Gasteiger partial charge in [-0.15, -0.1) is 0 Å². The highest BCUT2D eigenvalue weighted by molar-refractivity contribution is 5.89. The van der Waals surface area contributed by atoms with Gasteiger partial charge in [0, 0.05) is 18.7 Å². The monoisotopic (exact) mass is 283 g/mol. The van der Waals surface area contributed by atoms with Crippen molar-refractivity contribution in [3.63, 3.8) is 0 Å². The summed E-state index contributed by atoms with van der Waals surface area (Å²) >= 11 is 0. The van der Waals surface area contributed by atoms with Crippen molar-refractivity contribution in [2.75, 3.05) is 5.32 Å². The molecule has 1 heterocycles. The van der Waals surface area contributed by atoms with Crippen LogP contribution in [0.15, 0.2) is 42.6 Å². The molecule has 1 saturated carbocycles. The topological polar surface area (TPSA) is 46.9 Å². The van der Waals surface area contributed by atoms with Crippen molar-refractivity contribution in [1.82, 2.24) is 9.78 Å². The molecule has 0 radical (unpaired) electrons. The van der Waals surface area contributed by atoms with Crippen molar-refractivity contribution in [2.24, 2.45) is 5.92 Å². The second-order valence-electron chi connectivity index (χ2n) is 5.74. The van der Waals surface area contributed by atoms with E-state index in [0.29, 0.717) is 18.2 Å². The maximum atomic E-state index is 12.1.